The van der Waals surface area contributed by atoms with Crippen LogP contribution in [0.5, 0.6) is 0 Å². The van der Waals surface area contributed by atoms with E-state index in [1.54, 1.807) is 12.1 Å². The summed E-state index contributed by atoms with van der Waals surface area (Å²) in [5.41, 5.74) is 0.889. The molecular formula is C15H26N2O2S. The molecule has 1 aromatic rings. The molecule has 2 N–H and O–H groups in total. The maximum absolute atomic E-state index is 12.4. The van der Waals surface area contributed by atoms with Gasteiger partial charge in [0.25, 0.3) is 0 Å². The third-order valence-corrected chi connectivity index (χ3v) is 5.18. The first kappa shape index (κ1) is 17.1. The number of hydrogen-bond donors (Lipinski definition) is 2. The fourth-order valence-corrected chi connectivity index (χ4v) is 3.81. The Morgan fingerprint density at radius 1 is 1.20 bits per heavy atom. The molecule has 0 aliphatic rings. The summed E-state index contributed by atoms with van der Waals surface area (Å²) in [6, 6.07) is 7.52. The Bertz CT molecular complexity index is 514. The van der Waals surface area contributed by atoms with Crippen LogP contribution in [0.25, 0.3) is 0 Å². The molecule has 0 aliphatic heterocycles. The van der Waals surface area contributed by atoms with E-state index in [2.05, 4.69) is 23.9 Å². The number of likely N-dealkylation sites (N-methyl/N-ethyl adjacent to an activating group) is 1. The van der Waals surface area contributed by atoms with Crippen molar-refractivity contribution < 1.29 is 8.42 Å². The molecule has 0 heterocycles. The van der Waals surface area contributed by atoms with Crippen LogP contribution in [-0.2, 0) is 10.0 Å². The van der Waals surface area contributed by atoms with Crippen LogP contribution in [0, 0.1) is 0 Å². The first-order chi connectivity index (χ1) is 9.47. The van der Waals surface area contributed by atoms with Crippen LogP contribution in [0.3, 0.4) is 0 Å². The van der Waals surface area contributed by atoms with Crippen molar-refractivity contribution in [2.45, 2.75) is 50.5 Å². The molecule has 1 rings (SSSR count). The Morgan fingerprint density at radius 3 is 2.40 bits per heavy atom. The summed E-state index contributed by atoms with van der Waals surface area (Å²) < 4.78 is 27.5. The van der Waals surface area contributed by atoms with Crippen LogP contribution >= 0.6 is 0 Å². The fraction of sp³-hybridized carbons (Fsp3) is 0.600. The van der Waals surface area contributed by atoms with Crippen LogP contribution in [-0.4, -0.2) is 28.1 Å². The second kappa shape index (κ2) is 7.76. The van der Waals surface area contributed by atoms with Crippen molar-refractivity contribution in [3.8, 4) is 0 Å². The molecule has 0 bridgehead atoms. The summed E-state index contributed by atoms with van der Waals surface area (Å²) in [5, 5.41) is 3.22. The summed E-state index contributed by atoms with van der Waals surface area (Å²) in [6.07, 6.45) is 1.67. The van der Waals surface area contributed by atoms with Crippen LogP contribution in [0.1, 0.15) is 45.1 Å². The summed E-state index contributed by atoms with van der Waals surface area (Å²) in [4.78, 5) is 0.405. The van der Waals surface area contributed by atoms with E-state index in [0.717, 1.165) is 18.4 Å². The van der Waals surface area contributed by atoms with Gasteiger partial charge in [0.2, 0.25) is 10.0 Å². The molecule has 2 unspecified atom stereocenters. The van der Waals surface area contributed by atoms with Crippen molar-refractivity contribution in [3.05, 3.63) is 29.8 Å². The van der Waals surface area contributed by atoms with E-state index in [4.69, 9.17) is 0 Å². The fourth-order valence-electron chi connectivity index (χ4n) is 2.39. The molecule has 0 saturated carbocycles. The van der Waals surface area contributed by atoms with Crippen molar-refractivity contribution >= 4 is 10.0 Å². The molecule has 0 spiro atoms. The molecule has 0 saturated heterocycles. The van der Waals surface area contributed by atoms with Crippen molar-refractivity contribution in [2.24, 2.45) is 0 Å². The van der Waals surface area contributed by atoms with Gasteiger partial charge in [-0.15, -0.1) is 0 Å². The summed E-state index contributed by atoms with van der Waals surface area (Å²) in [5.74, 6) is 0.175. The molecule has 2 atom stereocenters. The molecule has 0 amide bonds. The van der Waals surface area contributed by atoms with Gasteiger partial charge in [0.15, 0.2) is 0 Å². The van der Waals surface area contributed by atoms with Gasteiger partial charge in [0, 0.05) is 18.5 Å². The van der Waals surface area contributed by atoms with Crippen LogP contribution in [0.4, 0.5) is 0 Å². The Balaban J connectivity index is 3.22. The van der Waals surface area contributed by atoms with Crippen molar-refractivity contribution in [1.29, 1.82) is 0 Å². The zero-order valence-corrected chi connectivity index (χ0v) is 13.6. The smallest absolute Gasteiger partial charge is 0.240 e. The summed E-state index contributed by atoms with van der Waals surface area (Å²) >= 11 is 0. The molecular weight excluding hydrogens is 272 g/mol. The average Bonchev–Trinajstić information content (AvgIpc) is 2.46. The lowest BCUT2D eigenvalue weighted by Crippen LogP contribution is -2.31. The number of rotatable bonds is 8. The van der Waals surface area contributed by atoms with E-state index in [-0.39, 0.29) is 12.0 Å². The van der Waals surface area contributed by atoms with Crippen LogP contribution in [0.15, 0.2) is 29.2 Å². The lowest BCUT2D eigenvalue weighted by atomic mass is 9.90. The number of nitrogens with one attached hydrogen (secondary N) is 2. The molecule has 5 heteroatoms. The van der Waals surface area contributed by atoms with Crippen LogP contribution < -0.4 is 10.0 Å². The van der Waals surface area contributed by atoms with Gasteiger partial charge >= 0.3 is 0 Å². The molecule has 0 aromatic heterocycles. The monoisotopic (exact) mass is 298 g/mol. The van der Waals surface area contributed by atoms with Gasteiger partial charge in [-0.25, -0.2) is 13.1 Å². The lowest BCUT2D eigenvalue weighted by Gasteiger charge is -2.25. The van der Waals surface area contributed by atoms with E-state index in [0.29, 0.717) is 11.4 Å². The first-order valence-corrected chi connectivity index (χ1v) is 8.72. The number of benzene rings is 1. The average molecular weight is 298 g/mol. The highest BCUT2D eigenvalue weighted by atomic mass is 32.2. The Kier molecular flexibility index (Phi) is 6.65. The normalized spacial score (nSPS) is 15.0. The maximum atomic E-state index is 12.4. The highest BCUT2D eigenvalue weighted by molar-refractivity contribution is 7.89. The molecule has 0 fully saturated rings. The standard InChI is InChI=1S/C15H26N2O2S/c1-5-11-17-20(18,19)15-10-8-7-9-14(15)13(6-2)12(3)16-4/h7-10,12-13,16-17H,5-6,11H2,1-4H3. The minimum atomic E-state index is -3.43. The SMILES string of the molecule is CCCNS(=O)(=O)c1ccccc1C(CC)C(C)NC. The molecule has 0 aliphatic carbocycles. The van der Waals surface area contributed by atoms with Gasteiger partial charge in [-0.05, 0) is 38.4 Å². The Hall–Kier alpha value is -0.910. The molecule has 20 heavy (non-hydrogen) atoms. The molecule has 1 aromatic carbocycles. The van der Waals surface area contributed by atoms with Crippen molar-refractivity contribution in [3.63, 3.8) is 0 Å². The zero-order valence-electron chi connectivity index (χ0n) is 12.8. The molecule has 0 radical (unpaired) electrons. The van der Waals surface area contributed by atoms with Gasteiger partial charge < -0.3 is 5.32 Å². The molecule has 114 valence electrons. The van der Waals surface area contributed by atoms with E-state index in [1.807, 2.05) is 26.1 Å². The largest absolute Gasteiger partial charge is 0.317 e. The van der Waals surface area contributed by atoms with E-state index in [9.17, 15) is 8.42 Å². The topological polar surface area (TPSA) is 58.2 Å². The quantitative estimate of drug-likeness (QED) is 0.775. The van der Waals surface area contributed by atoms with Crippen molar-refractivity contribution in [1.82, 2.24) is 10.0 Å². The number of hydrogen-bond acceptors (Lipinski definition) is 3. The third-order valence-electron chi connectivity index (χ3n) is 3.65. The van der Waals surface area contributed by atoms with E-state index >= 15 is 0 Å². The maximum Gasteiger partial charge on any atom is 0.240 e. The zero-order chi connectivity index (χ0) is 15.2. The van der Waals surface area contributed by atoms with Gasteiger partial charge in [0.1, 0.15) is 0 Å². The Morgan fingerprint density at radius 2 is 1.85 bits per heavy atom. The molecule has 4 nitrogen and oxygen atoms in total. The van der Waals surface area contributed by atoms with Gasteiger partial charge in [0.05, 0.1) is 4.90 Å². The van der Waals surface area contributed by atoms with Gasteiger partial charge in [-0.3, -0.25) is 0 Å². The van der Waals surface area contributed by atoms with E-state index < -0.39 is 10.0 Å². The summed E-state index contributed by atoms with van der Waals surface area (Å²) in [7, 11) is -1.53. The minimum absolute atomic E-state index is 0.175. The minimum Gasteiger partial charge on any atom is -0.317 e. The van der Waals surface area contributed by atoms with Gasteiger partial charge in [-0.2, -0.15) is 0 Å². The first-order valence-electron chi connectivity index (χ1n) is 7.23. The third kappa shape index (κ3) is 4.04. The second-order valence-corrected chi connectivity index (χ2v) is 6.76. The van der Waals surface area contributed by atoms with Gasteiger partial charge in [-0.1, -0.05) is 32.0 Å². The predicted octanol–water partition coefficient (Wildman–Crippen LogP) is 2.48. The lowest BCUT2D eigenvalue weighted by molar-refractivity contribution is 0.476. The second-order valence-electron chi connectivity index (χ2n) is 5.03. The predicted molar refractivity (Wildman–Crippen MR) is 83.5 cm³/mol. The van der Waals surface area contributed by atoms with E-state index in [1.165, 1.54) is 0 Å². The highest BCUT2D eigenvalue weighted by Crippen LogP contribution is 2.29. The highest BCUT2D eigenvalue weighted by Gasteiger charge is 2.24. The summed E-state index contributed by atoms with van der Waals surface area (Å²) in [6.45, 7) is 6.58. The van der Waals surface area contributed by atoms with Crippen LogP contribution in [0.2, 0.25) is 0 Å². The van der Waals surface area contributed by atoms with Crippen molar-refractivity contribution in [2.75, 3.05) is 13.6 Å². The number of sulfonamides is 1. The Labute approximate surface area is 123 Å².